The number of aromatic nitrogens is 2. The predicted molar refractivity (Wildman–Crippen MR) is 60.1 cm³/mol. The summed E-state index contributed by atoms with van der Waals surface area (Å²) in [5.41, 5.74) is 0.868. The van der Waals surface area contributed by atoms with Gasteiger partial charge in [-0.2, -0.15) is 0 Å². The van der Waals surface area contributed by atoms with Crippen LogP contribution in [-0.4, -0.2) is 9.97 Å². The van der Waals surface area contributed by atoms with Crippen molar-refractivity contribution >= 4 is 27.5 Å². The smallest absolute Gasteiger partial charge is 0.140 e. The molecule has 0 spiro atoms. The van der Waals surface area contributed by atoms with Gasteiger partial charge in [-0.15, -0.1) is 0 Å². The lowest BCUT2D eigenvalue weighted by atomic mass is 10.1. The lowest BCUT2D eigenvalue weighted by molar-refractivity contribution is 0.631. The molecule has 5 heteroatoms. The first-order chi connectivity index (χ1) is 7.18. The van der Waals surface area contributed by atoms with Crippen molar-refractivity contribution in [2.75, 3.05) is 0 Å². The number of rotatable bonds is 1. The van der Waals surface area contributed by atoms with Gasteiger partial charge in [0.25, 0.3) is 0 Å². The van der Waals surface area contributed by atoms with Gasteiger partial charge in [0.05, 0.1) is 0 Å². The van der Waals surface area contributed by atoms with Gasteiger partial charge < -0.3 is 0 Å². The second kappa shape index (κ2) is 4.24. The molecule has 2 aromatic rings. The number of hydrogen-bond acceptors (Lipinski definition) is 2. The van der Waals surface area contributed by atoms with Crippen LogP contribution >= 0.6 is 27.5 Å². The van der Waals surface area contributed by atoms with Crippen LogP contribution in [0.25, 0.3) is 11.1 Å². The molecule has 0 unspecified atom stereocenters. The Hall–Kier alpha value is -1.00. The van der Waals surface area contributed by atoms with Crippen LogP contribution in [0.3, 0.4) is 0 Å². The maximum Gasteiger partial charge on any atom is 0.140 e. The minimum Gasteiger partial charge on any atom is -0.244 e. The molecule has 1 aromatic carbocycles. The molecule has 0 saturated heterocycles. The average molecular weight is 288 g/mol. The normalized spacial score (nSPS) is 10.3. The summed E-state index contributed by atoms with van der Waals surface area (Å²) >= 11 is 9.12. The second-order valence-electron chi connectivity index (χ2n) is 2.85. The van der Waals surface area contributed by atoms with Gasteiger partial charge >= 0.3 is 0 Å². The van der Waals surface area contributed by atoms with Crippen molar-refractivity contribution in [3.8, 4) is 11.1 Å². The second-order valence-corrected chi connectivity index (χ2v) is 4.13. The minimum absolute atomic E-state index is 0.238. The molecule has 0 bridgehead atoms. The quantitative estimate of drug-likeness (QED) is 0.747. The lowest BCUT2D eigenvalue weighted by Gasteiger charge is -2.04. The summed E-state index contributed by atoms with van der Waals surface area (Å²) < 4.78 is 14.3. The Bertz CT molecular complexity index is 505. The summed E-state index contributed by atoms with van der Waals surface area (Å²) in [6.07, 6.45) is 2.81. The maximum atomic E-state index is 13.5. The molecule has 2 nitrogen and oxygen atoms in total. The summed E-state index contributed by atoms with van der Waals surface area (Å²) in [6, 6.07) is 4.62. The molecule has 0 aliphatic carbocycles. The standard InChI is InChI=1S/C10H5BrClFN2/c11-6-1-2-9(13)7(3-6)8-4-14-5-15-10(8)12/h1-5H. The van der Waals surface area contributed by atoms with E-state index in [-0.39, 0.29) is 11.0 Å². The van der Waals surface area contributed by atoms with E-state index in [2.05, 4.69) is 25.9 Å². The van der Waals surface area contributed by atoms with Gasteiger partial charge in [0, 0.05) is 21.8 Å². The molecule has 0 saturated carbocycles. The SMILES string of the molecule is Fc1ccc(Br)cc1-c1cncnc1Cl. The summed E-state index contributed by atoms with van der Waals surface area (Å²) in [6.45, 7) is 0. The molecule has 76 valence electrons. The van der Waals surface area contributed by atoms with E-state index in [9.17, 15) is 4.39 Å². The van der Waals surface area contributed by atoms with Gasteiger partial charge in [0.1, 0.15) is 17.3 Å². The highest BCUT2D eigenvalue weighted by Crippen LogP contribution is 2.29. The fourth-order valence-corrected chi connectivity index (χ4v) is 1.75. The van der Waals surface area contributed by atoms with Crippen LogP contribution in [0.2, 0.25) is 5.15 Å². The molecular weight excluding hydrogens is 282 g/mol. The van der Waals surface area contributed by atoms with E-state index in [1.54, 1.807) is 12.1 Å². The summed E-state index contributed by atoms with van der Waals surface area (Å²) in [5.74, 6) is -0.352. The van der Waals surface area contributed by atoms with Crippen LogP contribution in [0, 0.1) is 5.82 Å². The molecule has 2 rings (SSSR count). The zero-order valence-electron chi connectivity index (χ0n) is 7.42. The number of hydrogen-bond donors (Lipinski definition) is 0. The van der Waals surface area contributed by atoms with Crippen molar-refractivity contribution in [1.82, 2.24) is 9.97 Å². The highest BCUT2D eigenvalue weighted by Gasteiger charge is 2.10. The van der Waals surface area contributed by atoms with Crippen LogP contribution in [0.5, 0.6) is 0 Å². The average Bonchev–Trinajstić information content (AvgIpc) is 2.23. The van der Waals surface area contributed by atoms with E-state index in [4.69, 9.17) is 11.6 Å². The molecule has 15 heavy (non-hydrogen) atoms. The van der Waals surface area contributed by atoms with Crippen molar-refractivity contribution in [2.45, 2.75) is 0 Å². The molecule has 0 fully saturated rings. The molecule has 0 atom stereocenters. The first kappa shape index (κ1) is 10.5. The van der Waals surface area contributed by atoms with Crippen molar-refractivity contribution < 1.29 is 4.39 Å². The van der Waals surface area contributed by atoms with Crippen LogP contribution in [0.4, 0.5) is 4.39 Å². The van der Waals surface area contributed by atoms with E-state index in [0.29, 0.717) is 11.1 Å². The highest BCUT2D eigenvalue weighted by molar-refractivity contribution is 9.10. The fourth-order valence-electron chi connectivity index (χ4n) is 1.20. The molecule has 0 aliphatic heterocycles. The highest BCUT2D eigenvalue weighted by atomic mass is 79.9. The zero-order chi connectivity index (χ0) is 10.8. The van der Waals surface area contributed by atoms with Crippen molar-refractivity contribution in [2.24, 2.45) is 0 Å². The largest absolute Gasteiger partial charge is 0.244 e. The Labute approximate surface area is 99.3 Å². The van der Waals surface area contributed by atoms with Crippen LogP contribution in [0.15, 0.2) is 35.2 Å². The van der Waals surface area contributed by atoms with Gasteiger partial charge in [-0.1, -0.05) is 27.5 Å². The van der Waals surface area contributed by atoms with E-state index in [0.717, 1.165) is 4.47 Å². The maximum absolute atomic E-state index is 13.5. The van der Waals surface area contributed by atoms with Gasteiger partial charge in [0.15, 0.2) is 0 Å². The van der Waals surface area contributed by atoms with Crippen molar-refractivity contribution in [3.05, 3.63) is 46.2 Å². The third-order valence-electron chi connectivity index (χ3n) is 1.88. The molecule has 0 radical (unpaired) electrons. The predicted octanol–water partition coefficient (Wildman–Crippen LogP) is 3.70. The molecule has 0 amide bonds. The minimum atomic E-state index is -0.352. The molecular formula is C10H5BrClFN2. The van der Waals surface area contributed by atoms with E-state index >= 15 is 0 Å². The van der Waals surface area contributed by atoms with Gasteiger partial charge in [0.2, 0.25) is 0 Å². The third-order valence-corrected chi connectivity index (χ3v) is 2.68. The van der Waals surface area contributed by atoms with E-state index in [1.807, 2.05) is 0 Å². The Balaban J connectivity index is 2.64. The first-order valence-electron chi connectivity index (χ1n) is 4.09. The number of benzene rings is 1. The van der Waals surface area contributed by atoms with Gasteiger partial charge in [-0.05, 0) is 18.2 Å². The van der Waals surface area contributed by atoms with Crippen molar-refractivity contribution in [3.63, 3.8) is 0 Å². The number of nitrogens with zero attached hydrogens (tertiary/aromatic N) is 2. The van der Waals surface area contributed by atoms with E-state index < -0.39 is 0 Å². The summed E-state index contributed by atoms with van der Waals surface area (Å²) in [7, 11) is 0. The molecule has 0 aliphatic rings. The lowest BCUT2D eigenvalue weighted by Crippen LogP contribution is -1.89. The van der Waals surface area contributed by atoms with Gasteiger partial charge in [-0.3, -0.25) is 0 Å². The summed E-state index contributed by atoms with van der Waals surface area (Å²) in [5, 5.41) is 0.238. The Kier molecular flexibility index (Phi) is 2.98. The van der Waals surface area contributed by atoms with Crippen LogP contribution < -0.4 is 0 Å². The zero-order valence-corrected chi connectivity index (χ0v) is 9.76. The van der Waals surface area contributed by atoms with Crippen molar-refractivity contribution in [1.29, 1.82) is 0 Å². The fraction of sp³-hybridized carbons (Fsp3) is 0. The summed E-state index contributed by atoms with van der Waals surface area (Å²) in [4.78, 5) is 7.61. The monoisotopic (exact) mass is 286 g/mol. The molecule has 0 N–H and O–H groups in total. The molecule has 1 heterocycles. The Morgan fingerprint density at radius 3 is 2.80 bits per heavy atom. The Morgan fingerprint density at radius 1 is 1.27 bits per heavy atom. The van der Waals surface area contributed by atoms with Crippen LogP contribution in [0.1, 0.15) is 0 Å². The third kappa shape index (κ3) is 2.16. The number of halogens is 3. The molecule has 1 aromatic heterocycles. The van der Waals surface area contributed by atoms with E-state index in [1.165, 1.54) is 18.6 Å². The van der Waals surface area contributed by atoms with Gasteiger partial charge in [-0.25, -0.2) is 14.4 Å². The first-order valence-corrected chi connectivity index (χ1v) is 5.26. The topological polar surface area (TPSA) is 25.8 Å². The Morgan fingerprint density at radius 2 is 2.07 bits per heavy atom. The van der Waals surface area contributed by atoms with Crippen LogP contribution in [-0.2, 0) is 0 Å².